The molecule has 3 rings (SSSR count). The highest BCUT2D eigenvalue weighted by Gasteiger charge is 2.49. The minimum atomic E-state index is -1.44. The third-order valence-electron chi connectivity index (χ3n) is 4.76. The van der Waals surface area contributed by atoms with Gasteiger partial charge in [0, 0.05) is 5.56 Å². The van der Waals surface area contributed by atoms with Crippen molar-refractivity contribution < 1.29 is 28.3 Å². The molecule has 10 heteroatoms. The van der Waals surface area contributed by atoms with Crippen molar-refractivity contribution in [3.8, 4) is 5.75 Å². The van der Waals surface area contributed by atoms with E-state index in [2.05, 4.69) is 10.6 Å². The maximum absolute atomic E-state index is 13.2. The summed E-state index contributed by atoms with van der Waals surface area (Å²) < 4.78 is 18.3. The Morgan fingerprint density at radius 2 is 1.87 bits per heavy atom. The average Bonchev–Trinajstić information content (AvgIpc) is 2.92. The van der Waals surface area contributed by atoms with Gasteiger partial charge in [0.1, 0.15) is 23.7 Å². The molecule has 4 N–H and O–H groups in total. The number of hydrogen-bond donors (Lipinski definition) is 3. The molecule has 1 unspecified atom stereocenters. The summed E-state index contributed by atoms with van der Waals surface area (Å²) in [7, 11) is 1.38. The quantitative estimate of drug-likeness (QED) is 0.614. The van der Waals surface area contributed by atoms with Crippen LogP contribution in [0.15, 0.2) is 42.5 Å². The molecule has 156 valence electrons. The molecule has 2 aromatic carbocycles. The van der Waals surface area contributed by atoms with Crippen molar-refractivity contribution in [2.45, 2.75) is 12.5 Å². The van der Waals surface area contributed by atoms with Gasteiger partial charge in [0.25, 0.3) is 5.91 Å². The Morgan fingerprint density at radius 3 is 2.47 bits per heavy atom. The predicted molar refractivity (Wildman–Crippen MR) is 104 cm³/mol. The molecule has 1 aliphatic rings. The van der Waals surface area contributed by atoms with Crippen LogP contribution >= 0.6 is 0 Å². The fraction of sp³-hybridized carbons (Fsp3) is 0.200. The van der Waals surface area contributed by atoms with Crippen molar-refractivity contribution in [1.82, 2.24) is 10.2 Å². The Morgan fingerprint density at radius 1 is 1.20 bits per heavy atom. The summed E-state index contributed by atoms with van der Waals surface area (Å²) in [6.45, 7) is 0.892. The van der Waals surface area contributed by atoms with E-state index in [1.165, 1.54) is 56.5 Å². The van der Waals surface area contributed by atoms with Gasteiger partial charge in [-0.15, -0.1) is 0 Å². The highest BCUT2D eigenvalue weighted by molar-refractivity contribution is 6.10. The number of methoxy groups -OCH3 is 1. The molecule has 0 saturated carbocycles. The van der Waals surface area contributed by atoms with Gasteiger partial charge in [0.15, 0.2) is 0 Å². The normalized spacial score (nSPS) is 18.2. The zero-order valence-corrected chi connectivity index (χ0v) is 16.2. The minimum Gasteiger partial charge on any atom is -0.495 e. The van der Waals surface area contributed by atoms with Crippen molar-refractivity contribution in [3.63, 3.8) is 0 Å². The maximum Gasteiger partial charge on any atom is 0.325 e. The number of ether oxygens (including phenoxy) is 1. The van der Waals surface area contributed by atoms with Crippen LogP contribution in [0.2, 0.25) is 0 Å². The molecular weight excluding hydrogens is 395 g/mol. The molecule has 9 nitrogen and oxygen atoms in total. The fourth-order valence-corrected chi connectivity index (χ4v) is 3.11. The Labute approximate surface area is 171 Å². The third-order valence-corrected chi connectivity index (χ3v) is 4.76. The number of anilines is 1. The predicted octanol–water partition coefficient (Wildman–Crippen LogP) is 1.34. The lowest BCUT2D eigenvalue weighted by molar-refractivity contribution is -0.133. The Bertz CT molecular complexity index is 1040. The van der Waals surface area contributed by atoms with Crippen LogP contribution in [0.5, 0.6) is 5.75 Å². The van der Waals surface area contributed by atoms with Gasteiger partial charge in [-0.3, -0.25) is 19.3 Å². The van der Waals surface area contributed by atoms with E-state index in [0.29, 0.717) is 5.56 Å². The summed E-state index contributed by atoms with van der Waals surface area (Å²) in [5, 5.41) is 5.03. The highest BCUT2D eigenvalue weighted by Crippen LogP contribution is 2.29. The van der Waals surface area contributed by atoms with Crippen LogP contribution in [0.25, 0.3) is 0 Å². The number of nitrogens with zero attached hydrogens (tertiary/aromatic N) is 1. The molecule has 5 amide bonds. The number of amides is 5. The molecule has 1 atom stereocenters. The summed E-state index contributed by atoms with van der Waals surface area (Å²) in [6, 6.07) is 8.57. The molecule has 1 aliphatic heterocycles. The van der Waals surface area contributed by atoms with E-state index in [-0.39, 0.29) is 17.0 Å². The molecule has 2 aromatic rings. The number of urea groups is 1. The molecule has 1 fully saturated rings. The van der Waals surface area contributed by atoms with E-state index in [4.69, 9.17) is 10.5 Å². The Balaban J connectivity index is 1.78. The van der Waals surface area contributed by atoms with Gasteiger partial charge in [-0.1, -0.05) is 12.1 Å². The monoisotopic (exact) mass is 414 g/mol. The first-order valence-electron chi connectivity index (χ1n) is 8.83. The van der Waals surface area contributed by atoms with E-state index in [9.17, 15) is 23.6 Å². The third kappa shape index (κ3) is 3.79. The van der Waals surface area contributed by atoms with Crippen molar-refractivity contribution in [3.05, 3.63) is 59.4 Å². The topological polar surface area (TPSA) is 131 Å². The summed E-state index contributed by atoms with van der Waals surface area (Å²) in [5.74, 6) is -2.27. The van der Waals surface area contributed by atoms with E-state index < -0.39 is 41.7 Å². The molecule has 0 bridgehead atoms. The first-order valence-corrected chi connectivity index (χ1v) is 8.83. The average molecular weight is 414 g/mol. The molecular formula is C20H19FN4O5. The molecule has 30 heavy (non-hydrogen) atoms. The van der Waals surface area contributed by atoms with Crippen molar-refractivity contribution in [2.24, 2.45) is 5.73 Å². The van der Waals surface area contributed by atoms with Crippen LogP contribution in [0, 0.1) is 5.82 Å². The minimum absolute atomic E-state index is 0.143. The second-order valence-corrected chi connectivity index (χ2v) is 6.78. The number of benzene rings is 2. The lowest BCUT2D eigenvalue weighted by Gasteiger charge is -2.22. The Kier molecular flexibility index (Phi) is 5.41. The van der Waals surface area contributed by atoms with E-state index >= 15 is 0 Å². The summed E-state index contributed by atoms with van der Waals surface area (Å²) in [4.78, 5) is 49.8. The van der Waals surface area contributed by atoms with Crippen LogP contribution in [0.4, 0.5) is 14.9 Å². The number of nitrogens with one attached hydrogen (secondary N) is 2. The van der Waals surface area contributed by atoms with Crippen LogP contribution in [-0.4, -0.2) is 42.3 Å². The van der Waals surface area contributed by atoms with Gasteiger partial charge in [0.05, 0.1) is 12.8 Å². The number of hydrogen-bond acceptors (Lipinski definition) is 5. The number of carbonyl (C=O) groups is 4. The summed E-state index contributed by atoms with van der Waals surface area (Å²) in [6.07, 6.45) is 0. The van der Waals surface area contributed by atoms with Crippen LogP contribution < -0.4 is 21.1 Å². The SMILES string of the molecule is COc1ccc(C(N)=O)cc1NC(=O)CN1C(=O)NC(C)(c2ccc(F)cc2)C1=O. The highest BCUT2D eigenvalue weighted by atomic mass is 19.1. The van der Waals surface area contributed by atoms with E-state index in [1.807, 2.05) is 0 Å². The van der Waals surface area contributed by atoms with Crippen molar-refractivity contribution in [2.75, 3.05) is 19.0 Å². The first-order chi connectivity index (χ1) is 14.2. The number of carbonyl (C=O) groups excluding carboxylic acids is 4. The Hall–Kier alpha value is -3.95. The molecule has 0 spiro atoms. The largest absolute Gasteiger partial charge is 0.495 e. The number of rotatable bonds is 6. The standard InChI is InChI=1S/C20H19FN4O5/c1-20(12-4-6-13(21)7-5-12)18(28)25(19(29)24-20)10-16(26)23-14-9-11(17(22)27)3-8-15(14)30-2/h3-9H,10H2,1-2H3,(H2,22,27)(H,23,26)(H,24,29). The lowest BCUT2D eigenvalue weighted by atomic mass is 9.92. The van der Waals surface area contributed by atoms with Gasteiger partial charge in [-0.2, -0.15) is 0 Å². The van der Waals surface area contributed by atoms with Gasteiger partial charge in [-0.05, 0) is 42.8 Å². The zero-order chi connectivity index (χ0) is 22.1. The van der Waals surface area contributed by atoms with Crippen molar-refractivity contribution in [1.29, 1.82) is 0 Å². The van der Waals surface area contributed by atoms with E-state index in [0.717, 1.165) is 4.90 Å². The fourth-order valence-electron chi connectivity index (χ4n) is 3.11. The second kappa shape index (κ2) is 7.82. The molecule has 0 radical (unpaired) electrons. The number of halogens is 1. The van der Waals surface area contributed by atoms with Crippen LogP contribution in [0.1, 0.15) is 22.8 Å². The van der Waals surface area contributed by atoms with Gasteiger partial charge in [0.2, 0.25) is 11.8 Å². The molecule has 0 aromatic heterocycles. The number of imide groups is 1. The number of primary amides is 1. The first kappa shape index (κ1) is 20.8. The molecule has 0 aliphatic carbocycles. The number of nitrogens with two attached hydrogens (primary N) is 1. The summed E-state index contributed by atoms with van der Waals surface area (Å²) in [5.41, 5.74) is 4.49. The van der Waals surface area contributed by atoms with Gasteiger partial charge in [-0.25, -0.2) is 9.18 Å². The van der Waals surface area contributed by atoms with Gasteiger partial charge >= 0.3 is 6.03 Å². The van der Waals surface area contributed by atoms with E-state index in [1.54, 1.807) is 0 Å². The van der Waals surface area contributed by atoms with Gasteiger partial charge < -0.3 is 21.1 Å². The smallest absolute Gasteiger partial charge is 0.325 e. The lowest BCUT2D eigenvalue weighted by Crippen LogP contribution is -2.42. The van der Waals surface area contributed by atoms with Crippen LogP contribution in [-0.2, 0) is 15.1 Å². The maximum atomic E-state index is 13.2. The zero-order valence-electron chi connectivity index (χ0n) is 16.2. The second-order valence-electron chi connectivity index (χ2n) is 6.78. The molecule has 1 saturated heterocycles. The molecule has 1 heterocycles. The van der Waals surface area contributed by atoms with Crippen molar-refractivity contribution >= 4 is 29.4 Å². The van der Waals surface area contributed by atoms with Crippen LogP contribution in [0.3, 0.4) is 0 Å². The summed E-state index contributed by atoms with van der Waals surface area (Å²) >= 11 is 0.